The number of halogens is 1. The second kappa shape index (κ2) is 6.05. The molecule has 0 saturated heterocycles. The third kappa shape index (κ3) is 3.19. The van der Waals surface area contributed by atoms with Crippen LogP contribution >= 0.6 is 11.6 Å². The molecule has 2 nitrogen and oxygen atoms in total. The minimum Gasteiger partial charge on any atom is -0.326 e. The van der Waals surface area contributed by atoms with Crippen LogP contribution in [0, 0.1) is 5.92 Å². The lowest BCUT2D eigenvalue weighted by Crippen LogP contribution is -2.43. The molecule has 0 aliphatic heterocycles. The van der Waals surface area contributed by atoms with Gasteiger partial charge in [0.15, 0.2) is 0 Å². The van der Waals surface area contributed by atoms with E-state index in [1.54, 1.807) is 0 Å². The van der Waals surface area contributed by atoms with Crippen LogP contribution in [0.25, 0.3) is 0 Å². The molecule has 3 heteroatoms. The first-order chi connectivity index (χ1) is 9.70. The van der Waals surface area contributed by atoms with Gasteiger partial charge in [-0.2, -0.15) is 0 Å². The van der Waals surface area contributed by atoms with Crippen LogP contribution in [0.5, 0.6) is 0 Å². The van der Waals surface area contributed by atoms with Gasteiger partial charge in [-0.05, 0) is 49.7 Å². The molecule has 2 N–H and O–H groups in total. The molecule has 0 spiro atoms. The first kappa shape index (κ1) is 14.4. The molecular weight excluding hydrogens is 268 g/mol. The zero-order valence-corrected chi connectivity index (χ0v) is 13.0. The Morgan fingerprint density at radius 2 is 1.95 bits per heavy atom. The molecule has 2 saturated carbocycles. The van der Waals surface area contributed by atoms with Crippen LogP contribution in [0.4, 0.5) is 0 Å². The summed E-state index contributed by atoms with van der Waals surface area (Å²) in [5.74, 6) is 0.893. The molecule has 0 amide bonds. The third-order valence-electron chi connectivity index (χ3n) is 4.64. The molecule has 0 radical (unpaired) electrons. The maximum Gasteiger partial charge on any atom is 0.0516 e. The van der Waals surface area contributed by atoms with E-state index < -0.39 is 0 Å². The quantitative estimate of drug-likeness (QED) is 0.823. The summed E-state index contributed by atoms with van der Waals surface area (Å²) in [7, 11) is 0. The lowest BCUT2D eigenvalue weighted by Gasteiger charge is -2.36. The van der Waals surface area contributed by atoms with E-state index in [2.05, 4.69) is 24.0 Å². The van der Waals surface area contributed by atoms with E-state index >= 15 is 0 Å². The largest absolute Gasteiger partial charge is 0.326 e. The number of nitrogens with two attached hydrogens (primary N) is 1. The Morgan fingerprint density at radius 3 is 2.50 bits per heavy atom. The fourth-order valence-electron chi connectivity index (χ4n) is 3.09. The van der Waals surface area contributed by atoms with Gasteiger partial charge in [-0.1, -0.05) is 36.7 Å². The summed E-state index contributed by atoms with van der Waals surface area (Å²) in [6.07, 6.45) is 6.41. The van der Waals surface area contributed by atoms with Crippen molar-refractivity contribution >= 4 is 11.6 Å². The Bertz CT molecular complexity index is 454. The number of hydrogen-bond acceptors (Lipinski definition) is 2. The molecule has 2 aliphatic rings. The van der Waals surface area contributed by atoms with Gasteiger partial charge in [-0.3, -0.25) is 4.90 Å². The fraction of sp³-hybridized carbons (Fsp3) is 0.647. The molecule has 0 heterocycles. The van der Waals surface area contributed by atoms with Gasteiger partial charge in [0.1, 0.15) is 0 Å². The molecule has 0 aromatic heterocycles. The lowest BCUT2D eigenvalue weighted by molar-refractivity contribution is 0.152. The van der Waals surface area contributed by atoms with Crippen molar-refractivity contribution in [3.05, 3.63) is 34.9 Å². The summed E-state index contributed by atoms with van der Waals surface area (Å²) < 4.78 is 0. The summed E-state index contributed by atoms with van der Waals surface area (Å²) in [6.45, 7) is 3.38. The van der Waals surface area contributed by atoms with Crippen molar-refractivity contribution in [1.29, 1.82) is 0 Å². The van der Waals surface area contributed by atoms with Gasteiger partial charge in [0.2, 0.25) is 0 Å². The topological polar surface area (TPSA) is 29.3 Å². The number of rotatable bonds is 7. The number of nitrogens with zero attached hydrogens (tertiary/aromatic N) is 1. The van der Waals surface area contributed by atoms with Crippen molar-refractivity contribution in [3.63, 3.8) is 0 Å². The molecule has 3 rings (SSSR count). The first-order valence-corrected chi connectivity index (χ1v) is 8.34. The van der Waals surface area contributed by atoms with Crippen LogP contribution in [-0.4, -0.2) is 23.5 Å². The minimum atomic E-state index is 0.161. The number of benzene rings is 1. The monoisotopic (exact) mass is 292 g/mol. The van der Waals surface area contributed by atoms with Crippen LogP contribution in [0.1, 0.15) is 50.6 Å². The minimum absolute atomic E-state index is 0.161. The third-order valence-corrected chi connectivity index (χ3v) is 4.98. The maximum absolute atomic E-state index is 6.48. The zero-order chi connectivity index (χ0) is 14.1. The fourth-order valence-corrected chi connectivity index (χ4v) is 3.34. The Labute approximate surface area is 127 Å². The van der Waals surface area contributed by atoms with Crippen molar-refractivity contribution in [1.82, 2.24) is 4.90 Å². The standard InChI is InChI=1S/C17H25ClN2/c1-2-16(19)17(14-5-3-4-6-15(14)18)20(13-9-10-13)11-12-7-8-12/h3-6,12-13,16-17H,2,7-11,19H2,1H3. The molecule has 2 atom stereocenters. The average Bonchev–Trinajstić information content (AvgIpc) is 3.32. The summed E-state index contributed by atoms with van der Waals surface area (Å²) in [6, 6.07) is 9.41. The molecule has 2 unspecified atom stereocenters. The molecular formula is C17H25ClN2. The van der Waals surface area contributed by atoms with Crippen LogP contribution in [0.2, 0.25) is 5.02 Å². The van der Waals surface area contributed by atoms with Gasteiger partial charge < -0.3 is 5.73 Å². The van der Waals surface area contributed by atoms with Gasteiger partial charge in [0, 0.05) is 23.7 Å². The van der Waals surface area contributed by atoms with Crippen LogP contribution in [0.3, 0.4) is 0 Å². The molecule has 2 aliphatic carbocycles. The maximum atomic E-state index is 6.48. The van der Waals surface area contributed by atoms with Crippen molar-refractivity contribution in [2.75, 3.05) is 6.54 Å². The van der Waals surface area contributed by atoms with E-state index in [0.717, 1.165) is 23.4 Å². The highest BCUT2D eigenvalue weighted by Crippen LogP contribution is 2.42. The SMILES string of the molecule is CCC(N)C(c1ccccc1Cl)N(CC1CC1)C1CC1. The van der Waals surface area contributed by atoms with Gasteiger partial charge >= 0.3 is 0 Å². The van der Waals surface area contributed by atoms with E-state index in [-0.39, 0.29) is 12.1 Å². The van der Waals surface area contributed by atoms with Gasteiger partial charge in [0.25, 0.3) is 0 Å². The van der Waals surface area contributed by atoms with Crippen LogP contribution in [-0.2, 0) is 0 Å². The molecule has 0 bridgehead atoms. The van der Waals surface area contributed by atoms with Crippen molar-refractivity contribution < 1.29 is 0 Å². The van der Waals surface area contributed by atoms with Gasteiger partial charge in [-0.15, -0.1) is 0 Å². The lowest BCUT2D eigenvalue weighted by atomic mass is 9.95. The molecule has 2 fully saturated rings. The highest BCUT2D eigenvalue weighted by atomic mass is 35.5. The average molecular weight is 293 g/mol. The van der Waals surface area contributed by atoms with E-state index in [9.17, 15) is 0 Å². The zero-order valence-electron chi connectivity index (χ0n) is 12.3. The molecule has 1 aromatic carbocycles. The predicted molar refractivity (Wildman–Crippen MR) is 84.9 cm³/mol. The van der Waals surface area contributed by atoms with E-state index in [1.165, 1.54) is 37.8 Å². The van der Waals surface area contributed by atoms with Crippen molar-refractivity contribution in [2.45, 2.75) is 57.2 Å². The van der Waals surface area contributed by atoms with Gasteiger partial charge in [-0.25, -0.2) is 0 Å². The molecule has 20 heavy (non-hydrogen) atoms. The van der Waals surface area contributed by atoms with E-state index in [4.69, 9.17) is 17.3 Å². The van der Waals surface area contributed by atoms with Crippen molar-refractivity contribution in [2.24, 2.45) is 11.7 Å². The van der Waals surface area contributed by atoms with Gasteiger partial charge in [0.05, 0.1) is 6.04 Å². The molecule has 110 valence electrons. The van der Waals surface area contributed by atoms with E-state index in [1.807, 2.05) is 12.1 Å². The van der Waals surface area contributed by atoms with Crippen molar-refractivity contribution in [3.8, 4) is 0 Å². The predicted octanol–water partition coefficient (Wildman–Crippen LogP) is 3.99. The highest BCUT2D eigenvalue weighted by Gasteiger charge is 2.40. The second-order valence-electron chi connectivity index (χ2n) is 6.41. The normalized spacial score (nSPS) is 22.0. The van der Waals surface area contributed by atoms with E-state index in [0.29, 0.717) is 0 Å². The van der Waals surface area contributed by atoms with Crippen LogP contribution in [0.15, 0.2) is 24.3 Å². The Balaban J connectivity index is 1.89. The summed E-state index contributed by atoms with van der Waals surface area (Å²) in [5, 5.41) is 0.864. The Morgan fingerprint density at radius 1 is 1.25 bits per heavy atom. The molecule has 1 aromatic rings. The van der Waals surface area contributed by atoms with Crippen LogP contribution < -0.4 is 5.73 Å². The summed E-state index contributed by atoms with van der Waals surface area (Å²) >= 11 is 6.46. The second-order valence-corrected chi connectivity index (χ2v) is 6.82. The Kier molecular flexibility index (Phi) is 4.34. The number of hydrogen-bond donors (Lipinski definition) is 1. The smallest absolute Gasteiger partial charge is 0.0516 e. The highest BCUT2D eigenvalue weighted by molar-refractivity contribution is 6.31. The summed E-state index contributed by atoms with van der Waals surface area (Å²) in [5.41, 5.74) is 7.70. The Hall–Kier alpha value is -0.570. The first-order valence-electron chi connectivity index (χ1n) is 7.96. The summed E-state index contributed by atoms with van der Waals surface area (Å²) in [4.78, 5) is 2.66.